The summed E-state index contributed by atoms with van der Waals surface area (Å²) in [7, 11) is 3.76. The van der Waals surface area contributed by atoms with Crippen LogP contribution >= 0.6 is 11.6 Å². The molecule has 0 heterocycles. The van der Waals surface area contributed by atoms with Crippen molar-refractivity contribution < 1.29 is 4.79 Å². The van der Waals surface area contributed by atoms with Gasteiger partial charge in [-0.2, -0.15) is 0 Å². The number of halogens is 1. The maximum atomic E-state index is 12.3. The molecular weight excluding hydrogens is 298 g/mol. The van der Waals surface area contributed by atoms with Crippen LogP contribution in [0.4, 0.5) is 0 Å². The van der Waals surface area contributed by atoms with Crippen LogP contribution in [0.15, 0.2) is 30.3 Å². The highest BCUT2D eigenvalue weighted by Crippen LogP contribution is 2.23. The Morgan fingerprint density at radius 2 is 1.86 bits per heavy atom. The average molecular weight is 326 g/mol. The molecule has 0 bridgehead atoms. The molecule has 124 valence electrons. The third kappa shape index (κ3) is 6.34. The number of likely N-dealkylation sites (N-methyl/N-ethyl adjacent to an activating group) is 1. The van der Waals surface area contributed by atoms with Crippen molar-refractivity contribution in [2.75, 3.05) is 20.6 Å². The zero-order valence-corrected chi connectivity index (χ0v) is 14.5. The van der Waals surface area contributed by atoms with Crippen LogP contribution in [-0.2, 0) is 4.79 Å². The van der Waals surface area contributed by atoms with E-state index in [0.29, 0.717) is 0 Å². The van der Waals surface area contributed by atoms with Gasteiger partial charge in [-0.25, -0.2) is 0 Å². The van der Waals surface area contributed by atoms with Crippen LogP contribution in [0.25, 0.3) is 0 Å². The molecule has 0 aliphatic heterocycles. The normalized spacial score (nSPS) is 15.1. The van der Waals surface area contributed by atoms with Crippen LogP contribution in [0, 0.1) is 0 Å². The summed E-state index contributed by atoms with van der Waals surface area (Å²) in [5.41, 5.74) is 1.02. The van der Waals surface area contributed by atoms with E-state index in [0.717, 1.165) is 31.4 Å². The number of amides is 1. The number of carbonyl (C=O) groups excluding carboxylic acids is 1. The molecule has 0 saturated heterocycles. The fourth-order valence-electron chi connectivity index (χ4n) is 2.38. The molecular formula is C17H28ClN3O. The lowest BCUT2D eigenvalue weighted by Gasteiger charge is -2.23. The molecule has 3 N–H and O–H groups in total. The lowest BCUT2D eigenvalue weighted by atomic mass is 10.0. The molecule has 1 rings (SSSR count). The van der Waals surface area contributed by atoms with E-state index in [1.165, 1.54) is 0 Å². The molecule has 0 radical (unpaired) electrons. The molecule has 0 aliphatic rings. The highest BCUT2D eigenvalue weighted by Gasteiger charge is 2.22. The molecule has 0 fully saturated rings. The molecule has 5 heteroatoms. The Morgan fingerprint density at radius 1 is 1.18 bits per heavy atom. The van der Waals surface area contributed by atoms with Gasteiger partial charge in [0.15, 0.2) is 0 Å². The lowest BCUT2D eigenvalue weighted by molar-refractivity contribution is -0.123. The molecule has 0 spiro atoms. The van der Waals surface area contributed by atoms with Crippen molar-refractivity contribution in [2.24, 2.45) is 0 Å². The fraction of sp³-hybridized carbons (Fsp3) is 0.588. The first-order valence-corrected chi connectivity index (χ1v) is 8.35. The van der Waals surface area contributed by atoms with Gasteiger partial charge < -0.3 is 16.0 Å². The molecule has 3 unspecified atom stereocenters. The average Bonchev–Trinajstić information content (AvgIpc) is 2.54. The molecule has 0 aromatic heterocycles. The number of hydrogen-bond acceptors (Lipinski definition) is 3. The second kappa shape index (κ2) is 10.6. The topological polar surface area (TPSA) is 53.2 Å². The Balaban J connectivity index is 2.47. The first kappa shape index (κ1) is 18.9. The molecule has 1 aromatic rings. The summed E-state index contributed by atoms with van der Waals surface area (Å²) < 4.78 is 0. The van der Waals surface area contributed by atoms with Crippen LogP contribution in [0.3, 0.4) is 0 Å². The Hall–Kier alpha value is -1.10. The largest absolute Gasteiger partial charge is 0.350 e. The molecule has 0 aliphatic carbocycles. The van der Waals surface area contributed by atoms with Gasteiger partial charge in [-0.15, -0.1) is 11.6 Å². The van der Waals surface area contributed by atoms with Gasteiger partial charge in [-0.3, -0.25) is 4.79 Å². The second-order valence-electron chi connectivity index (χ2n) is 5.55. The zero-order valence-electron chi connectivity index (χ0n) is 13.7. The van der Waals surface area contributed by atoms with Crippen LogP contribution in [0.5, 0.6) is 0 Å². The van der Waals surface area contributed by atoms with Crippen molar-refractivity contribution >= 4 is 17.5 Å². The van der Waals surface area contributed by atoms with Gasteiger partial charge in [0.2, 0.25) is 5.91 Å². The Morgan fingerprint density at radius 3 is 2.45 bits per heavy atom. The molecule has 3 atom stereocenters. The van der Waals surface area contributed by atoms with Gasteiger partial charge in [0.05, 0.1) is 11.4 Å². The SMILES string of the molecule is CNCCCCC(NC)C(=O)NC(C)C(Cl)c1ccccc1. The minimum atomic E-state index is -0.230. The summed E-state index contributed by atoms with van der Waals surface area (Å²) in [6, 6.07) is 9.54. The van der Waals surface area contributed by atoms with E-state index in [2.05, 4.69) is 16.0 Å². The number of hydrogen-bond donors (Lipinski definition) is 3. The summed E-state index contributed by atoms with van der Waals surface area (Å²) in [6.45, 7) is 2.92. The Bertz CT molecular complexity index is 427. The second-order valence-corrected chi connectivity index (χ2v) is 6.02. The predicted molar refractivity (Wildman–Crippen MR) is 93.3 cm³/mol. The summed E-state index contributed by atoms with van der Waals surface area (Å²) in [6.07, 6.45) is 2.91. The van der Waals surface area contributed by atoms with E-state index in [9.17, 15) is 4.79 Å². The van der Waals surface area contributed by atoms with Gasteiger partial charge in [-0.1, -0.05) is 36.8 Å². The first-order valence-electron chi connectivity index (χ1n) is 7.91. The van der Waals surface area contributed by atoms with Gasteiger partial charge in [0.1, 0.15) is 0 Å². The summed E-state index contributed by atoms with van der Waals surface area (Å²) in [4.78, 5) is 12.3. The van der Waals surface area contributed by atoms with E-state index in [1.807, 2.05) is 51.4 Å². The predicted octanol–water partition coefficient (Wildman–Crippen LogP) is 2.45. The molecule has 4 nitrogen and oxygen atoms in total. The van der Waals surface area contributed by atoms with E-state index < -0.39 is 0 Å². The number of benzene rings is 1. The minimum Gasteiger partial charge on any atom is -0.350 e. The smallest absolute Gasteiger partial charge is 0.237 e. The number of carbonyl (C=O) groups is 1. The fourth-order valence-corrected chi connectivity index (χ4v) is 2.59. The third-order valence-corrected chi connectivity index (χ3v) is 4.39. The Kier molecular flexibility index (Phi) is 9.13. The minimum absolute atomic E-state index is 0.0149. The number of alkyl halides is 1. The van der Waals surface area contributed by atoms with Gasteiger partial charge in [0.25, 0.3) is 0 Å². The molecule has 0 saturated carbocycles. The zero-order chi connectivity index (χ0) is 16.4. The van der Waals surface area contributed by atoms with Gasteiger partial charge >= 0.3 is 0 Å². The molecule has 1 amide bonds. The molecule has 1 aromatic carbocycles. The maximum Gasteiger partial charge on any atom is 0.237 e. The van der Waals surface area contributed by atoms with E-state index in [-0.39, 0.29) is 23.4 Å². The monoisotopic (exact) mass is 325 g/mol. The number of rotatable bonds is 10. The van der Waals surface area contributed by atoms with Crippen LogP contribution in [0.2, 0.25) is 0 Å². The standard InChI is InChI=1S/C17H28ClN3O/c1-13(16(18)14-9-5-4-6-10-14)21-17(22)15(20-3)11-7-8-12-19-2/h4-6,9-10,13,15-16,19-20H,7-8,11-12H2,1-3H3,(H,21,22). The van der Waals surface area contributed by atoms with Crippen molar-refractivity contribution in [3.05, 3.63) is 35.9 Å². The van der Waals surface area contributed by atoms with E-state index in [4.69, 9.17) is 11.6 Å². The molecule has 22 heavy (non-hydrogen) atoms. The van der Waals surface area contributed by atoms with E-state index >= 15 is 0 Å². The van der Waals surface area contributed by atoms with E-state index in [1.54, 1.807) is 0 Å². The van der Waals surface area contributed by atoms with Crippen molar-refractivity contribution in [3.63, 3.8) is 0 Å². The van der Waals surface area contributed by atoms with Crippen molar-refractivity contribution in [2.45, 2.75) is 43.6 Å². The first-order chi connectivity index (χ1) is 10.6. The van der Waals surface area contributed by atoms with Crippen molar-refractivity contribution in [3.8, 4) is 0 Å². The Labute approximate surface area is 139 Å². The highest BCUT2D eigenvalue weighted by atomic mass is 35.5. The van der Waals surface area contributed by atoms with Crippen LogP contribution in [0.1, 0.15) is 37.1 Å². The van der Waals surface area contributed by atoms with Crippen molar-refractivity contribution in [1.29, 1.82) is 0 Å². The quantitative estimate of drug-likeness (QED) is 0.457. The van der Waals surface area contributed by atoms with Crippen LogP contribution in [-0.4, -0.2) is 38.6 Å². The van der Waals surface area contributed by atoms with Crippen LogP contribution < -0.4 is 16.0 Å². The summed E-state index contributed by atoms with van der Waals surface area (Å²) in [5, 5.41) is 8.99. The van der Waals surface area contributed by atoms with Gasteiger partial charge in [0, 0.05) is 6.04 Å². The third-order valence-electron chi connectivity index (χ3n) is 3.76. The summed E-state index contributed by atoms with van der Waals surface area (Å²) in [5.74, 6) is 0.0149. The van der Waals surface area contributed by atoms with Crippen molar-refractivity contribution in [1.82, 2.24) is 16.0 Å². The summed E-state index contributed by atoms with van der Waals surface area (Å²) >= 11 is 6.45. The lowest BCUT2D eigenvalue weighted by Crippen LogP contribution is -2.47. The maximum absolute atomic E-state index is 12.3. The van der Waals surface area contributed by atoms with Gasteiger partial charge in [-0.05, 0) is 46.0 Å². The highest BCUT2D eigenvalue weighted by molar-refractivity contribution is 6.21. The number of unbranched alkanes of at least 4 members (excludes halogenated alkanes) is 1. The number of nitrogens with one attached hydrogen (secondary N) is 3.